The van der Waals surface area contributed by atoms with E-state index in [0.29, 0.717) is 39.3 Å². The lowest BCUT2D eigenvalue weighted by molar-refractivity contribution is 0.0669. The van der Waals surface area contributed by atoms with Crippen LogP contribution in [-0.2, 0) is 13.1 Å². The van der Waals surface area contributed by atoms with Crippen LogP contribution in [0, 0.1) is 6.92 Å². The first-order valence-electron chi connectivity index (χ1n) is 8.33. The second-order valence-electron chi connectivity index (χ2n) is 5.84. The Bertz CT molecular complexity index is 747. The molecule has 0 saturated carbocycles. The number of piperazine rings is 1. The third-order valence-electron chi connectivity index (χ3n) is 4.20. The number of aromatic nitrogens is 3. The van der Waals surface area contributed by atoms with Crippen LogP contribution < -0.4 is 5.32 Å². The largest absolute Gasteiger partial charge is 0.334 e. The van der Waals surface area contributed by atoms with Gasteiger partial charge < -0.3 is 15.1 Å². The van der Waals surface area contributed by atoms with Crippen molar-refractivity contribution in [3.05, 3.63) is 34.0 Å². The molecule has 0 spiro atoms. The van der Waals surface area contributed by atoms with E-state index in [9.17, 15) is 9.59 Å². The second kappa shape index (κ2) is 7.64. The molecule has 3 heterocycles. The molecule has 2 aromatic rings. The molecule has 0 unspecified atom stereocenters. The van der Waals surface area contributed by atoms with E-state index >= 15 is 0 Å². The summed E-state index contributed by atoms with van der Waals surface area (Å²) in [7, 11) is 0. The summed E-state index contributed by atoms with van der Waals surface area (Å²) in [5, 5.41) is 6.95. The number of carbonyl (C=O) groups is 2. The van der Waals surface area contributed by atoms with Crippen LogP contribution in [0.1, 0.15) is 27.3 Å². The minimum absolute atomic E-state index is 0.0502. The lowest BCUT2D eigenvalue weighted by atomic mass is 10.3. The molecule has 134 valence electrons. The summed E-state index contributed by atoms with van der Waals surface area (Å²) in [5.41, 5.74) is 0. The van der Waals surface area contributed by atoms with Crippen LogP contribution in [0.5, 0.6) is 0 Å². The van der Waals surface area contributed by atoms with Gasteiger partial charge in [0.05, 0.1) is 11.4 Å². The SMILES string of the molecule is CCn1ncnc1CNC(=O)N1CCN(C(=O)c2ccc(C)s2)CC1. The minimum atomic E-state index is -0.135. The topological polar surface area (TPSA) is 83.4 Å². The van der Waals surface area contributed by atoms with Crippen molar-refractivity contribution in [2.45, 2.75) is 26.9 Å². The molecule has 0 radical (unpaired) electrons. The highest BCUT2D eigenvalue weighted by Crippen LogP contribution is 2.18. The molecule has 2 aromatic heterocycles. The summed E-state index contributed by atoms with van der Waals surface area (Å²) >= 11 is 1.51. The van der Waals surface area contributed by atoms with Gasteiger partial charge in [0.2, 0.25) is 0 Å². The quantitative estimate of drug-likeness (QED) is 0.890. The average Bonchev–Trinajstić information content (AvgIpc) is 3.27. The molecule has 1 aliphatic rings. The third-order valence-corrected chi connectivity index (χ3v) is 5.19. The van der Waals surface area contributed by atoms with Gasteiger partial charge in [0.15, 0.2) is 0 Å². The molecule has 0 bridgehead atoms. The third kappa shape index (κ3) is 3.98. The van der Waals surface area contributed by atoms with Crippen molar-refractivity contribution in [1.29, 1.82) is 0 Å². The fourth-order valence-corrected chi connectivity index (χ4v) is 3.61. The van der Waals surface area contributed by atoms with Crippen LogP contribution in [-0.4, -0.2) is 62.7 Å². The lowest BCUT2D eigenvalue weighted by Crippen LogP contribution is -2.53. The molecule has 1 saturated heterocycles. The summed E-state index contributed by atoms with van der Waals surface area (Å²) in [6.45, 7) is 7.19. The zero-order valence-corrected chi connectivity index (χ0v) is 15.3. The molecule has 3 rings (SSSR count). The Labute approximate surface area is 150 Å². The van der Waals surface area contributed by atoms with Crippen molar-refractivity contribution in [2.75, 3.05) is 26.2 Å². The van der Waals surface area contributed by atoms with Gasteiger partial charge in [-0.25, -0.2) is 14.5 Å². The molecule has 8 nitrogen and oxygen atoms in total. The first-order chi connectivity index (χ1) is 12.1. The highest BCUT2D eigenvalue weighted by atomic mass is 32.1. The molecule has 1 aliphatic heterocycles. The van der Waals surface area contributed by atoms with Crippen molar-refractivity contribution in [3.63, 3.8) is 0 Å². The highest BCUT2D eigenvalue weighted by molar-refractivity contribution is 7.13. The van der Waals surface area contributed by atoms with Gasteiger partial charge in [0.1, 0.15) is 12.2 Å². The number of thiophene rings is 1. The maximum absolute atomic E-state index is 12.4. The van der Waals surface area contributed by atoms with E-state index < -0.39 is 0 Å². The number of amides is 3. The lowest BCUT2D eigenvalue weighted by Gasteiger charge is -2.34. The maximum Gasteiger partial charge on any atom is 0.317 e. The summed E-state index contributed by atoms with van der Waals surface area (Å²) in [5.74, 6) is 0.784. The zero-order valence-electron chi connectivity index (χ0n) is 14.4. The Balaban J connectivity index is 1.48. The summed E-state index contributed by atoms with van der Waals surface area (Å²) < 4.78 is 1.75. The number of nitrogens with one attached hydrogen (secondary N) is 1. The predicted octanol–water partition coefficient (Wildman–Crippen LogP) is 1.34. The highest BCUT2D eigenvalue weighted by Gasteiger charge is 2.25. The molecule has 0 atom stereocenters. The van der Waals surface area contributed by atoms with Crippen molar-refractivity contribution in [2.24, 2.45) is 0 Å². The average molecular weight is 362 g/mol. The van der Waals surface area contributed by atoms with E-state index in [-0.39, 0.29) is 11.9 Å². The number of urea groups is 1. The first kappa shape index (κ1) is 17.4. The van der Waals surface area contributed by atoms with E-state index in [1.165, 1.54) is 17.7 Å². The number of hydrogen-bond acceptors (Lipinski definition) is 5. The molecule has 1 N–H and O–H groups in total. The normalized spacial score (nSPS) is 14.6. The summed E-state index contributed by atoms with van der Waals surface area (Å²) in [6, 6.07) is 3.69. The van der Waals surface area contributed by atoms with E-state index in [1.807, 2.05) is 30.9 Å². The molecule has 1 fully saturated rings. The standard InChI is InChI=1S/C16H22N6O2S/c1-3-22-14(18-11-19-22)10-17-16(24)21-8-6-20(7-9-21)15(23)13-5-4-12(2)25-13/h4-5,11H,3,6-10H2,1-2H3,(H,17,24). The van der Waals surface area contributed by atoms with E-state index in [2.05, 4.69) is 15.4 Å². The van der Waals surface area contributed by atoms with Crippen LogP contribution in [0.4, 0.5) is 4.79 Å². The van der Waals surface area contributed by atoms with Gasteiger partial charge >= 0.3 is 6.03 Å². The Morgan fingerprint density at radius 2 is 1.92 bits per heavy atom. The molecule has 0 aliphatic carbocycles. The smallest absolute Gasteiger partial charge is 0.317 e. The number of aryl methyl sites for hydroxylation is 2. The number of nitrogens with zero attached hydrogens (tertiary/aromatic N) is 5. The molecule has 0 aromatic carbocycles. The van der Waals surface area contributed by atoms with Gasteiger partial charge in [-0.3, -0.25) is 4.79 Å². The fourth-order valence-electron chi connectivity index (χ4n) is 2.77. The van der Waals surface area contributed by atoms with Crippen LogP contribution in [0.25, 0.3) is 0 Å². The molecular weight excluding hydrogens is 340 g/mol. The number of carbonyl (C=O) groups excluding carboxylic acids is 2. The van der Waals surface area contributed by atoms with Crippen molar-refractivity contribution >= 4 is 23.3 Å². The Hall–Kier alpha value is -2.42. The van der Waals surface area contributed by atoms with E-state index in [1.54, 1.807) is 9.58 Å². The summed E-state index contributed by atoms with van der Waals surface area (Å²) in [4.78, 5) is 34.3. The van der Waals surface area contributed by atoms with Crippen LogP contribution in [0.3, 0.4) is 0 Å². The Morgan fingerprint density at radius 1 is 1.20 bits per heavy atom. The minimum Gasteiger partial charge on any atom is -0.334 e. The van der Waals surface area contributed by atoms with Crippen LogP contribution in [0.2, 0.25) is 0 Å². The van der Waals surface area contributed by atoms with Crippen molar-refractivity contribution < 1.29 is 9.59 Å². The predicted molar refractivity (Wildman–Crippen MR) is 94.5 cm³/mol. The Kier molecular flexibility index (Phi) is 5.32. The van der Waals surface area contributed by atoms with E-state index in [4.69, 9.17) is 0 Å². The second-order valence-corrected chi connectivity index (χ2v) is 7.13. The van der Waals surface area contributed by atoms with Crippen LogP contribution >= 0.6 is 11.3 Å². The molecule has 3 amide bonds. The molecular formula is C16H22N6O2S. The van der Waals surface area contributed by atoms with Crippen molar-refractivity contribution in [3.8, 4) is 0 Å². The maximum atomic E-state index is 12.4. The van der Waals surface area contributed by atoms with Gasteiger partial charge in [-0.1, -0.05) is 0 Å². The van der Waals surface area contributed by atoms with Gasteiger partial charge in [0, 0.05) is 37.6 Å². The number of hydrogen-bond donors (Lipinski definition) is 1. The fraction of sp³-hybridized carbons (Fsp3) is 0.500. The summed E-state index contributed by atoms with van der Waals surface area (Å²) in [6.07, 6.45) is 1.49. The van der Waals surface area contributed by atoms with Crippen molar-refractivity contribution in [1.82, 2.24) is 29.9 Å². The van der Waals surface area contributed by atoms with Gasteiger partial charge in [0.25, 0.3) is 5.91 Å². The number of rotatable bonds is 4. The first-order valence-corrected chi connectivity index (χ1v) is 9.15. The molecule has 25 heavy (non-hydrogen) atoms. The van der Waals surface area contributed by atoms with Gasteiger partial charge in [-0.15, -0.1) is 11.3 Å². The van der Waals surface area contributed by atoms with Gasteiger partial charge in [-0.05, 0) is 26.0 Å². The monoisotopic (exact) mass is 362 g/mol. The Morgan fingerprint density at radius 3 is 2.56 bits per heavy atom. The van der Waals surface area contributed by atoms with Gasteiger partial charge in [-0.2, -0.15) is 5.10 Å². The molecule has 9 heteroatoms. The van der Waals surface area contributed by atoms with E-state index in [0.717, 1.165) is 15.6 Å². The zero-order chi connectivity index (χ0) is 17.8. The van der Waals surface area contributed by atoms with Crippen LogP contribution in [0.15, 0.2) is 18.5 Å².